The number of hydrogen-bond donors (Lipinski definition) is 1. The Kier molecular flexibility index (Phi) is 3.66. The van der Waals surface area contributed by atoms with Gasteiger partial charge in [-0.15, -0.1) is 0 Å². The average molecular weight is 290 g/mol. The zero-order valence-electron chi connectivity index (χ0n) is 12.0. The molecule has 3 aromatic rings. The molecule has 108 valence electrons. The van der Waals surface area contributed by atoms with Gasteiger partial charge >= 0.3 is 0 Å². The largest absolute Gasteiger partial charge is 0.321 e. The van der Waals surface area contributed by atoms with Gasteiger partial charge in [-0.25, -0.2) is 0 Å². The molecule has 3 rings (SSSR count). The van der Waals surface area contributed by atoms with Gasteiger partial charge in [0.25, 0.3) is 5.91 Å². The lowest BCUT2D eigenvalue weighted by Gasteiger charge is -2.07. The number of Topliss-reactive ketones (excluding diaryl/α,β-unsaturated/α-hetero) is 1. The summed E-state index contributed by atoms with van der Waals surface area (Å²) in [6, 6.07) is 16.3. The molecule has 0 unspecified atom stereocenters. The highest BCUT2D eigenvalue weighted by Gasteiger charge is 2.11. The van der Waals surface area contributed by atoms with E-state index in [0.29, 0.717) is 16.9 Å². The number of carbonyl (C=O) groups is 2. The van der Waals surface area contributed by atoms with E-state index in [4.69, 9.17) is 0 Å². The molecule has 1 aromatic heterocycles. The number of benzene rings is 2. The van der Waals surface area contributed by atoms with Crippen molar-refractivity contribution in [2.45, 2.75) is 6.92 Å². The van der Waals surface area contributed by atoms with Gasteiger partial charge < -0.3 is 5.32 Å². The fourth-order valence-electron chi connectivity index (χ4n) is 2.28. The van der Waals surface area contributed by atoms with Gasteiger partial charge in [-0.1, -0.05) is 24.3 Å². The van der Waals surface area contributed by atoms with E-state index in [1.807, 2.05) is 30.3 Å². The first-order chi connectivity index (χ1) is 10.6. The molecule has 1 N–H and O–H groups in total. The first-order valence-electron chi connectivity index (χ1n) is 6.91. The van der Waals surface area contributed by atoms with E-state index in [0.717, 1.165) is 10.8 Å². The van der Waals surface area contributed by atoms with Crippen LogP contribution in [0.25, 0.3) is 10.8 Å². The van der Waals surface area contributed by atoms with Crippen LogP contribution in [-0.2, 0) is 0 Å². The Balaban J connectivity index is 1.89. The average Bonchev–Trinajstić information content (AvgIpc) is 2.54. The van der Waals surface area contributed by atoms with Crippen molar-refractivity contribution in [2.75, 3.05) is 5.32 Å². The van der Waals surface area contributed by atoms with Crippen LogP contribution in [0.4, 0.5) is 5.69 Å². The fraction of sp³-hybridized carbons (Fsp3) is 0.0556. The Bertz CT molecular complexity index is 849. The summed E-state index contributed by atoms with van der Waals surface area (Å²) in [4.78, 5) is 27.8. The minimum absolute atomic E-state index is 0.00593. The van der Waals surface area contributed by atoms with E-state index in [1.54, 1.807) is 30.5 Å². The molecule has 0 saturated heterocycles. The SMILES string of the molecule is CC(=O)c1ccc(NC(=O)c2nccc3ccccc23)cc1. The summed E-state index contributed by atoms with van der Waals surface area (Å²) in [6.07, 6.45) is 1.62. The maximum Gasteiger partial charge on any atom is 0.274 e. The minimum Gasteiger partial charge on any atom is -0.321 e. The lowest BCUT2D eigenvalue weighted by atomic mass is 10.1. The van der Waals surface area contributed by atoms with Crippen LogP contribution in [0.2, 0.25) is 0 Å². The van der Waals surface area contributed by atoms with Gasteiger partial charge in [0.05, 0.1) is 0 Å². The van der Waals surface area contributed by atoms with E-state index in [2.05, 4.69) is 10.3 Å². The number of amides is 1. The van der Waals surface area contributed by atoms with Crippen molar-refractivity contribution < 1.29 is 9.59 Å². The normalized spacial score (nSPS) is 10.4. The summed E-state index contributed by atoms with van der Waals surface area (Å²) in [7, 11) is 0. The van der Waals surface area contributed by atoms with Crippen LogP contribution < -0.4 is 5.32 Å². The maximum atomic E-state index is 12.4. The minimum atomic E-state index is -0.271. The number of pyridine rings is 1. The lowest BCUT2D eigenvalue weighted by Crippen LogP contribution is -2.14. The molecule has 1 amide bonds. The molecule has 0 spiro atoms. The van der Waals surface area contributed by atoms with Crippen LogP contribution in [0.1, 0.15) is 27.8 Å². The van der Waals surface area contributed by atoms with E-state index in [9.17, 15) is 9.59 Å². The summed E-state index contributed by atoms with van der Waals surface area (Å²) >= 11 is 0. The number of aromatic nitrogens is 1. The van der Waals surface area contributed by atoms with E-state index >= 15 is 0 Å². The second-order valence-electron chi connectivity index (χ2n) is 4.97. The van der Waals surface area contributed by atoms with E-state index < -0.39 is 0 Å². The van der Waals surface area contributed by atoms with Crippen LogP contribution in [0.3, 0.4) is 0 Å². The van der Waals surface area contributed by atoms with Crippen LogP contribution in [0, 0.1) is 0 Å². The standard InChI is InChI=1S/C18H14N2O2/c1-12(21)13-6-8-15(9-7-13)20-18(22)17-16-5-3-2-4-14(16)10-11-19-17/h2-11H,1H3,(H,20,22). The summed E-state index contributed by atoms with van der Waals surface area (Å²) in [5, 5.41) is 4.58. The zero-order chi connectivity index (χ0) is 15.5. The van der Waals surface area contributed by atoms with Crippen LogP contribution in [0.5, 0.6) is 0 Å². The number of hydrogen-bond acceptors (Lipinski definition) is 3. The molecular weight excluding hydrogens is 276 g/mol. The van der Waals surface area contributed by atoms with Gasteiger partial charge in [0.15, 0.2) is 5.78 Å². The number of nitrogens with one attached hydrogen (secondary N) is 1. The number of nitrogens with zero attached hydrogens (tertiary/aromatic N) is 1. The molecule has 0 aliphatic rings. The predicted molar refractivity (Wildman–Crippen MR) is 86.1 cm³/mol. The molecule has 0 bridgehead atoms. The molecule has 22 heavy (non-hydrogen) atoms. The summed E-state index contributed by atoms with van der Waals surface area (Å²) in [5.74, 6) is -0.277. The Morgan fingerprint density at radius 3 is 2.41 bits per heavy atom. The van der Waals surface area contributed by atoms with Gasteiger partial charge in [-0.05, 0) is 42.6 Å². The van der Waals surface area contributed by atoms with Crippen molar-refractivity contribution in [3.63, 3.8) is 0 Å². The Labute approximate surface area is 127 Å². The van der Waals surface area contributed by atoms with Gasteiger partial charge in [0, 0.05) is 22.8 Å². The maximum absolute atomic E-state index is 12.4. The molecule has 0 aliphatic carbocycles. The van der Waals surface area contributed by atoms with E-state index in [1.165, 1.54) is 6.92 Å². The van der Waals surface area contributed by atoms with Crippen molar-refractivity contribution in [1.82, 2.24) is 4.98 Å². The van der Waals surface area contributed by atoms with Crippen molar-refractivity contribution in [1.29, 1.82) is 0 Å². The number of ketones is 1. The molecule has 0 saturated carbocycles. The quantitative estimate of drug-likeness (QED) is 0.748. The molecule has 0 aliphatic heterocycles. The second kappa shape index (κ2) is 5.77. The number of anilines is 1. The molecular formula is C18H14N2O2. The predicted octanol–water partition coefficient (Wildman–Crippen LogP) is 3.69. The molecule has 0 radical (unpaired) electrons. The zero-order valence-corrected chi connectivity index (χ0v) is 12.0. The highest BCUT2D eigenvalue weighted by Crippen LogP contribution is 2.18. The van der Waals surface area contributed by atoms with Crippen LogP contribution in [0.15, 0.2) is 60.8 Å². The topological polar surface area (TPSA) is 59.1 Å². The fourth-order valence-corrected chi connectivity index (χ4v) is 2.28. The first-order valence-corrected chi connectivity index (χ1v) is 6.91. The second-order valence-corrected chi connectivity index (χ2v) is 4.97. The number of rotatable bonds is 3. The van der Waals surface area contributed by atoms with Crippen LogP contribution >= 0.6 is 0 Å². The first kappa shape index (κ1) is 13.9. The highest BCUT2D eigenvalue weighted by molar-refractivity contribution is 6.11. The Morgan fingerprint density at radius 1 is 0.955 bits per heavy atom. The lowest BCUT2D eigenvalue weighted by molar-refractivity contribution is 0.101. The summed E-state index contributed by atoms with van der Waals surface area (Å²) in [6.45, 7) is 1.51. The molecule has 0 fully saturated rings. The molecule has 4 heteroatoms. The van der Waals surface area contributed by atoms with Gasteiger partial charge in [-0.3, -0.25) is 14.6 Å². The molecule has 1 heterocycles. The Hall–Kier alpha value is -3.01. The highest BCUT2D eigenvalue weighted by atomic mass is 16.2. The monoisotopic (exact) mass is 290 g/mol. The van der Waals surface area contributed by atoms with Gasteiger partial charge in [-0.2, -0.15) is 0 Å². The third-order valence-electron chi connectivity index (χ3n) is 3.44. The molecule has 2 aromatic carbocycles. The van der Waals surface area contributed by atoms with Crippen molar-refractivity contribution in [3.05, 3.63) is 72.1 Å². The van der Waals surface area contributed by atoms with Crippen LogP contribution in [-0.4, -0.2) is 16.7 Å². The van der Waals surface area contributed by atoms with Gasteiger partial charge in [0.2, 0.25) is 0 Å². The molecule has 0 atom stereocenters. The third-order valence-corrected chi connectivity index (χ3v) is 3.44. The van der Waals surface area contributed by atoms with Crippen molar-refractivity contribution in [2.24, 2.45) is 0 Å². The summed E-state index contributed by atoms with van der Waals surface area (Å²) in [5.41, 5.74) is 1.62. The number of carbonyl (C=O) groups excluding carboxylic acids is 2. The van der Waals surface area contributed by atoms with Crippen molar-refractivity contribution >= 4 is 28.2 Å². The smallest absolute Gasteiger partial charge is 0.274 e. The third kappa shape index (κ3) is 2.72. The van der Waals surface area contributed by atoms with E-state index in [-0.39, 0.29) is 11.7 Å². The van der Waals surface area contributed by atoms with Gasteiger partial charge in [0.1, 0.15) is 5.69 Å². The Morgan fingerprint density at radius 2 is 1.68 bits per heavy atom. The number of fused-ring (bicyclic) bond motifs is 1. The van der Waals surface area contributed by atoms with Crippen molar-refractivity contribution in [3.8, 4) is 0 Å². The summed E-state index contributed by atoms with van der Waals surface area (Å²) < 4.78 is 0. The molecule has 4 nitrogen and oxygen atoms in total.